The third-order valence-corrected chi connectivity index (χ3v) is 2.02. The van der Waals surface area contributed by atoms with E-state index in [0.29, 0.717) is 6.42 Å². The lowest BCUT2D eigenvalue weighted by Crippen LogP contribution is -2.08. The molecule has 0 aliphatic carbocycles. The zero-order valence-electron chi connectivity index (χ0n) is 7.38. The van der Waals surface area contributed by atoms with Gasteiger partial charge in [-0.15, -0.1) is 5.10 Å². The summed E-state index contributed by atoms with van der Waals surface area (Å²) in [5, 5.41) is 17.4. The summed E-state index contributed by atoms with van der Waals surface area (Å²) in [5.74, 6) is 0. The molecular weight excluding hydrogens is 166 g/mol. The van der Waals surface area contributed by atoms with Crippen LogP contribution in [0.15, 0.2) is 24.3 Å². The molecule has 1 aromatic carbocycles. The van der Waals surface area contributed by atoms with Crippen molar-refractivity contribution in [2.24, 2.45) is 0 Å². The number of rotatable bonds is 2. The van der Waals surface area contributed by atoms with E-state index < -0.39 is 6.23 Å². The summed E-state index contributed by atoms with van der Waals surface area (Å²) in [5.41, 5.74) is 1.69. The van der Waals surface area contributed by atoms with E-state index in [1.807, 2.05) is 31.2 Å². The fourth-order valence-electron chi connectivity index (χ4n) is 1.28. The number of fused-ring (bicyclic) bond motifs is 1. The molecule has 68 valence electrons. The molecule has 2 rings (SSSR count). The van der Waals surface area contributed by atoms with Crippen LogP contribution in [0.25, 0.3) is 11.0 Å². The molecule has 0 radical (unpaired) electrons. The maximum Gasteiger partial charge on any atom is 0.149 e. The highest BCUT2D eigenvalue weighted by Crippen LogP contribution is 2.15. The van der Waals surface area contributed by atoms with Gasteiger partial charge < -0.3 is 5.11 Å². The van der Waals surface area contributed by atoms with Gasteiger partial charge in [-0.05, 0) is 18.6 Å². The summed E-state index contributed by atoms with van der Waals surface area (Å²) in [6.45, 7) is 1.90. The van der Waals surface area contributed by atoms with Gasteiger partial charge in [0.25, 0.3) is 0 Å². The van der Waals surface area contributed by atoms with Crippen molar-refractivity contribution >= 4 is 11.0 Å². The number of benzene rings is 1. The Morgan fingerprint density at radius 2 is 2.23 bits per heavy atom. The maximum absolute atomic E-state index is 9.58. The number of para-hydroxylation sites is 1. The molecule has 13 heavy (non-hydrogen) atoms. The van der Waals surface area contributed by atoms with Gasteiger partial charge in [-0.2, -0.15) is 0 Å². The van der Waals surface area contributed by atoms with Crippen LogP contribution in [0.5, 0.6) is 0 Å². The largest absolute Gasteiger partial charge is 0.372 e. The molecule has 2 aromatic rings. The Bertz CT molecular complexity index is 410. The molecule has 0 aliphatic rings. The number of aliphatic hydroxyl groups excluding tert-OH is 1. The summed E-state index contributed by atoms with van der Waals surface area (Å²) in [4.78, 5) is 0. The fourth-order valence-corrected chi connectivity index (χ4v) is 1.28. The quantitative estimate of drug-likeness (QED) is 0.752. The highest BCUT2D eigenvalue weighted by Gasteiger charge is 2.09. The Hall–Kier alpha value is -1.42. The van der Waals surface area contributed by atoms with Crippen molar-refractivity contribution < 1.29 is 5.11 Å². The summed E-state index contributed by atoms with van der Waals surface area (Å²) >= 11 is 0. The molecule has 4 heteroatoms. The molecule has 0 saturated carbocycles. The first-order chi connectivity index (χ1) is 6.33. The minimum absolute atomic E-state index is 0.576. The Morgan fingerprint density at radius 1 is 1.46 bits per heavy atom. The minimum Gasteiger partial charge on any atom is -0.372 e. The van der Waals surface area contributed by atoms with Gasteiger partial charge in [-0.25, -0.2) is 4.68 Å². The first kappa shape index (κ1) is 8.19. The number of nitrogens with zero attached hydrogens (tertiary/aromatic N) is 3. The molecule has 1 aromatic heterocycles. The van der Waals surface area contributed by atoms with Crippen LogP contribution in [0, 0.1) is 0 Å². The average Bonchev–Trinajstić information content (AvgIpc) is 2.60. The van der Waals surface area contributed by atoms with Crippen LogP contribution in [0.3, 0.4) is 0 Å². The van der Waals surface area contributed by atoms with E-state index in [1.165, 1.54) is 4.68 Å². The van der Waals surface area contributed by atoms with Gasteiger partial charge in [0, 0.05) is 0 Å². The molecule has 0 aliphatic heterocycles. The van der Waals surface area contributed by atoms with Crippen molar-refractivity contribution in [3.05, 3.63) is 24.3 Å². The van der Waals surface area contributed by atoms with Gasteiger partial charge in [0.05, 0.1) is 5.52 Å². The predicted octanol–water partition coefficient (Wildman–Crippen LogP) is 1.33. The van der Waals surface area contributed by atoms with E-state index in [9.17, 15) is 5.11 Å². The molecule has 1 N–H and O–H groups in total. The number of hydrogen-bond acceptors (Lipinski definition) is 3. The van der Waals surface area contributed by atoms with E-state index in [1.54, 1.807) is 0 Å². The minimum atomic E-state index is -0.576. The Kier molecular flexibility index (Phi) is 1.98. The molecule has 0 bridgehead atoms. The van der Waals surface area contributed by atoms with Crippen LogP contribution in [0.1, 0.15) is 19.6 Å². The van der Waals surface area contributed by atoms with Crippen molar-refractivity contribution in [3.63, 3.8) is 0 Å². The van der Waals surface area contributed by atoms with Crippen LogP contribution in [0.4, 0.5) is 0 Å². The SMILES string of the molecule is CCC(O)n1nnc2ccccc21. The normalized spacial score (nSPS) is 13.4. The van der Waals surface area contributed by atoms with E-state index in [-0.39, 0.29) is 0 Å². The smallest absolute Gasteiger partial charge is 0.149 e. The van der Waals surface area contributed by atoms with Gasteiger partial charge in [0.1, 0.15) is 11.7 Å². The first-order valence-corrected chi connectivity index (χ1v) is 4.31. The van der Waals surface area contributed by atoms with E-state index in [2.05, 4.69) is 10.3 Å². The second-order valence-electron chi connectivity index (χ2n) is 2.91. The summed E-state index contributed by atoms with van der Waals surface area (Å²) in [6, 6.07) is 7.58. The molecule has 0 fully saturated rings. The van der Waals surface area contributed by atoms with Gasteiger partial charge in [-0.3, -0.25) is 0 Å². The van der Waals surface area contributed by atoms with Crippen LogP contribution >= 0.6 is 0 Å². The molecule has 4 nitrogen and oxygen atoms in total. The molecule has 1 heterocycles. The standard InChI is InChI=1S/C9H11N3O/c1-2-9(13)12-8-6-4-3-5-7(8)10-11-12/h3-6,9,13H,2H2,1H3. The fraction of sp³-hybridized carbons (Fsp3) is 0.333. The lowest BCUT2D eigenvalue weighted by atomic mass is 10.3. The average molecular weight is 177 g/mol. The lowest BCUT2D eigenvalue weighted by molar-refractivity contribution is 0.0893. The second kappa shape index (κ2) is 3.14. The van der Waals surface area contributed by atoms with E-state index >= 15 is 0 Å². The highest BCUT2D eigenvalue weighted by atomic mass is 16.3. The Labute approximate surface area is 75.8 Å². The van der Waals surface area contributed by atoms with Crippen molar-refractivity contribution in [1.29, 1.82) is 0 Å². The van der Waals surface area contributed by atoms with Crippen molar-refractivity contribution in [3.8, 4) is 0 Å². The van der Waals surface area contributed by atoms with Crippen LogP contribution in [0.2, 0.25) is 0 Å². The monoisotopic (exact) mass is 177 g/mol. The zero-order chi connectivity index (χ0) is 9.26. The first-order valence-electron chi connectivity index (χ1n) is 4.31. The second-order valence-corrected chi connectivity index (χ2v) is 2.91. The van der Waals surface area contributed by atoms with Crippen LogP contribution < -0.4 is 0 Å². The summed E-state index contributed by atoms with van der Waals surface area (Å²) < 4.78 is 1.54. The van der Waals surface area contributed by atoms with E-state index in [4.69, 9.17) is 0 Å². The van der Waals surface area contributed by atoms with Gasteiger partial charge in [0.15, 0.2) is 0 Å². The van der Waals surface area contributed by atoms with Gasteiger partial charge in [0.2, 0.25) is 0 Å². The molecule has 0 saturated heterocycles. The maximum atomic E-state index is 9.58. The Morgan fingerprint density at radius 3 is 3.00 bits per heavy atom. The Balaban J connectivity index is 2.57. The third kappa shape index (κ3) is 1.29. The molecule has 0 spiro atoms. The van der Waals surface area contributed by atoms with Crippen molar-refractivity contribution in [2.45, 2.75) is 19.6 Å². The van der Waals surface area contributed by atoms with Crippen molar-refractivity contribution in [1.82, 2.24) is 15.0 Å². The molecule has 0 amide bonds. The van der Waals surface area contributed by atoms with Crippen molar-refractivity contribution in [2.75, 3.05) is 0 Å². The molecule has 1 unspecified atom stereocenters. The van der Waals surface area contributed by atoms with E-state index in [0.717, 1.165) is 11.0 Å². The van der Waals surface area contributed by atoms with Gasteiger partial charge >= 0.3 is 0 Å². The number of aromatic nitrogens is 3. The lowest BCUT2D eigenvalue weighted by Gasteiger charge is -2.07. The highest BCUT2D eigenvalue weighted by molar-refractivity contribution is 5.73. The predicted molar refractivity (Wildman–Crippen MR) is 49.1 cm³/mol. The summed E-state index contributed by atoms with van der Waals surface area (Å²) in [6.07, 6.45) is 0.0558. The molecule has 1 atom stereocenters. The van der Waals surface area contributed by atoms with Gasteiger partial charge in [-0.1, -0.05) is 24.3 Å². The third-order valence-electron chi connectivity index (χ3n) is 2.02. The summed E-state index contributed by atoms with van der Waals surface area (Å²) in [7, 11) is 0. The number of hydrogen-bond donors (Lipinski definition) is 1. The number of aliphatic hydroxyl groups is 1. The zero-order valence-corrected chi connectivity index (χ0v) is 7.38. The van der Waals surface area contributed by atoms with Crippen LogP contribution in [-0.4, -0.2) is 20.1 Å². The molecular formula is C9H11N3O. The van der Waals surface area contributed by atoms with Crippen LogP contribution in [-0.2, 0) is 0 Å². The topological polar surface area (TPSA) is 50.9 Å².